The number of piperidine rings is 1. The molecule has 1 fully saturated rings. The molecule has 0 saturated carbocycles. The van der Waals surface area contributed by atoms with E-state index in [-0.39, 0.29) is 11.0 Å². The quantitative estimate of drug-likeness (QED) is 0.899. The van der Waals surface area contributed by atoms with Crippen molar-refractivity contribution in [1.29, 1.82) is 0 Å². The Morgan fingerprint density at radius 2 is 2.11 bits per heavy atom. The summed E-state index contributed by atoms with van der Waals surface area (Å²) in [6.45, 7) is 7.32. The molecule has 0 unspecified atom stereocenters. The van der Waals surface area contributed by atoms with E-state index in [2.05, 4.69) is 43.4 Å². The van der Waals surface area contributed by atoms with Crippen LogP contribution in [0.25, 0.3) is 0 Å². The number of aryl methyl sites for hydroxylation is 1. The summed E-state index contributed by atoms with van der Waals surface area (Å²) in [6, 6.07) is 8.95. The first-order valence-electron chi connectivity index (χ1n) is 7.63. The monoisotopic (exact) mass is 259 g/mol. The first kappa shape index (κ1) is 13.1. The molecular formula is C17H25NO. The minimum Gasteiger partial charge on any atom is -0.381 e. The van der Waals surface area contributed by atoms with Crippen molar-refractivity contribution >= 4 is 0 Å². The van der Waals surface area contributed by atoms with Gasteiger partial charge in [-0.15, -0.1) is 0 Å². The minimum absolute atomic E-state index is 0.0786. The van der Waals surface area contributed by atoms with E-state index < -0.39 is 0 Å². The molecule has 19 heavy (non-hydrogen) atoms. The van der Waals surface area contributed by atoms with Crippen molar-refractivity contribution in [3.8, 4) is 0 Å². The molecule has 3 rings (SSSR count). The van der Waals surface area contributed by atoms with E-state index in [1.807, 2.05) is 0 Å². The van der Waals surface area contributed by atoms with E-state index in [9.17, 15) is 0 Å². The molecule has 0 aromatic heterocycles. The van der Waals surface area contributed by atoms with Crippen LogP contribution in [0.3, 0.4) is 0 Å². The van der Waals surface area contributed by atoms with Gasteiger partial charge in [-0.2, -0.15) is 0 Å². The number of nitrogens with one attached hydrogen (secondary N) is 1. The second-order valence-electron chi connectivity index (χ2n) is 6.23. The van der Waals surface area contributed by atoms with Crippen LogP contribution in [0, 0.1) is 5.41 Å². The van der Waals surface area contributed by atoms with E-state index in [1.165, 1.54) is 36.8 Å². The number of fused-ring (bicyclic) bond motifs is 3. The molecule has 0 spiro atoms. The molecule has 104 valence electrons. The zero-order valence-electron chi connectivity index (χ0n) is 12.2. The number of hydrogen-bond donors (Lipinski definition) is 1. The fourth-order valence-corrected chi connectivity index (χ4v) is 4.14. The topological polar surface area (TPSA) is 21.3 Å². The second kappa shape index (κ2) is 4.92. The molecule has 1 aliphatic heterocycles. The summed E-state index contributed by atoms with van der Waals surface area (Å²) in [7, 11) is 0. The van der Waals surface area contributed by atoms with Crippen LogP contribution in [-0.2, 0) is 16.7 Å². The Labute approximate surface area is 116 Å². The molecule has 0 bridgehead atoms. The van der Waals surface area contributed by atoms with Gasteiger partial charge in [-0.1, -0.05) is 24.3 Å². The summed E-state index contributed by atoms with van der Waals surface area (Å²) in [5.41, 5.74) is 3.37. The summed E-state index contributed by atoms with van der Waals surface area (Å²) in [4.78, 5) is 0. The van der Waals surface area contributed by atoms with Gasteiger partial charge in [0.15, 0.2) is 0 Å². The third-order valence-electron chi connectivity index (χ3n) is 5.38. The first-order valence-corrected chi connectivity index (χ1v) is 7.63. The SMILES string of the molecule is CCOC[C@]12CCCN[C@@]1(C)c1ccccc1CC2. The third kappa shape index (κ3) is 1.93. The molecule has 2 nitrogen and oxygen atoms in total. The zero-order valence-corrected chi connectivity index (χ0v) is 12.2. The average Bonchev–Trinajstić information content (AvgIpc) is 2.45. The number of ether oxygens (including phenoxy) is 1. The molecule has 1 N–H and O–H groups in total. The van der Waals surface area contributed by atoms with Crippen molar-refractivity contribution in [2.75, 3.05) is 19.8 Å². The van der Waals surface area contributed by atoms with Crippen molar-refractivity contribution < 1.29 is 4.74 Å². The molecule has 1 heterocycles. The zero-order chi connectivity index (χ0) is 13.3. The fourth-order valence-electron chi connectivity index (χ4n) is 4.14. The maximum Gasteiger partial charge on any atom is 0.0543 e. The predicted molar refractivity (Wildman–Crippen MR) is 78.3 cm³/mol. The molecule has 2 heteroatoms. The fraction of sp³-hybridized carbons (Fsp3) is 0.647. The van der Waals surface area contributed by atoms with Crippen molar-refractivity contribution in [2.45, 2.75) is 45.1 Å². The Morgan fingerprint density at radius 1 is 1.26 bits per heavy atom. The van der Waals surface area contributed by atoms with Crippen LogP contribution >= 0.6 is 0 Å². The highest BCUT2D eigenvalue weighted by Gasteiger charge is 2.53. The molecule has 0 radical (unpaired) electrons. The molecule has 1 saturated heterocycles. The lowest BCUT2D eigenvalue weighted by Crippen LogP contribution is -2.61. The molecule has 2 atom stereocenters. The Kier molecular flexibility index (Phi) is 3.40. The highest BCUT2D eigenvalue weighted by Crippen LogP contribution is 2.53. The van der Waals surface area contributed by atoms with Crippen molar-refractivity contribution in [1.82, 2.24) is 5.32 Å². The number of rotatable bonds is 3. The van der Waals surface area contributed by atoms with Crippen LogP contribution in [0.5, 0.6) is 0 Å². The van der Waals surface area contributed by atoms with Gasteiger partial charge in [-0.3, -0.25) is 0 Å². The van der Waals surface area contributed by atoms with Crippen molar-refractivity contribution in [2.24, 2.45) is 5.41 Å². The summed E-state index contributed by atoms with van der Waals surface area (Å²) < 4.78 is 5.87. The molecule has 1 aromatic carbocycles. The maximum atomic E-state index is 5.87. The smallest absolute Gasteiger partial charge is 0.0543 e. The first-order chi connectivity index (χ1) is 9.22. The van der Waals surface area contributed by atoms with E-state index >= 15 is 0 Å². The van der Waals surface area contributed by atoms with Crippen molar-refractivity contribution in [3.63, 3.8) is 0 Å². The van der Waals surface area contributed by atoms with Gasteiger partial charge < -0.3 is 10.1 Å². The van der Waals surface area contributed by atoms with Crippen LogP contribution in [0.15, 0.2) is 24.3 Å². The lowest BCUT2D eigenvalue weighted by molar-refractivity contribution is -0.0503. The van der Waals surface area contributed by atoms with E-state index in [0.29, 0.717) is 0 Å². The van der Waals surface area contributed by atoms with Gasteiger partial charge in [0.1, 0.15) is 0 Å². The van der Waals surface area contributed by atoms with Crippen LogP contribution < -0.4 is 5.32 Å². The lowest BCUT2D eigenvalue weighted by atomic mass is 9.56. The highest BCUT2D eigenvalue weighted by atomic mass is 16.5. The second-order valence-corrected chi connectivity index (χ2v) is 6.23. The van der Waals surface area contributed by atoms with Gasteiger partial charge in [0.2, 0.25) is 0 Å². The van der Waals surface area contributed by atoms with E-state index in [0.717, 1.165) is 19.8 Å². The number of hydrogen-bond acceptors (Lipinski definition) is 2. The van der Waals surface area contributed by atoms with Crippen LogP contribution in [-0.4, -0.2) is 19.8 Å². The van der Waals surface area contributed by atoms with Gasteiger partial charge in [-0.25, -0.2) is 0 Å². The van der Waals surface area contributed by atoms with Gasteiger partial charge in [0, 0.05) is 17.6 Å². The summed E-state index contributed by atoms with van der Waals surface area (Å²) in [6.07, 6.45) is 4.99. The van der Waals surface area contributed by atoms with Gasteiger partial charge in [-0.05, 0) is 57.2 Å². The largest absolute Gasteiger partial charge is 0.381 e. The Balaban J connectivity index is 2.04. The maximum absolute atomic E-state index is 5.87. The summed E-state index contributed by atoms with van der Waals surface area (Å²) in [5.74, 6) is 0. The molecule has 0 amide bonds. The molecular weight excluding hydrogens is 234 g/mol. The van der Waals surface area contributed by atoms with Gasteiger partial charge >= 0.3 is 0 Å². The normalized spacial score (nSPS) is 33.6. The number of benzene rings is 1. The van der Waals surface area contributed by atoms with Gasteiger partial charge in [0.05, 0.1) is 6.61 Å². The Hall–Kier alpha value is -0.860. The Bertz CT molecular complexity index is 458. The molecule has 1 aliphatic carbocycles. The van der Waals surface area contributed by atoms with Crippen LogP contribution in [0.2, 0.25) is 0 Å². The standard InChI is InChI=1S/C17H25NO/c1-3-19-13-17-10-6-12-18-16(17,2)15-8-5-4-7-14(15)9-11-17/h4-5,7-8,18H,3,6,9-13H2,1-2H3/t16-,17+/m0/s1. The van der Waals surface area contributed by atoms with Crippen LogP contribution in [0.1, 0.15) is 44.2 Å². The lowest BCUT2D eigenvalue weighted by Gasteiger charge is -2.56. The highest BCUT2D eigenvalue weighted by molar-refractivity contribution is 5.39. The van der Waals surface area contributed by atoms with Gasteiger partial charge in [0.25, 0.3) is 0 Å². The summed E-state index contributed by atoms with van der Waals surface area (Å²) in [5, 5.41) is 3.82. The molecule has 2 aliphatic rings. The minimum atomic E-state index is 0.0786. The van der Waals surface area contributed by atoms with Crippen molar-refractivity contribution in [3.05, 3.63) is 35.4 Å². The molecule has 1 aromatic rings. The summed E-state index contributed by atoms with van der Waals surface area (Å²) >= 11 is 0. The van der Waals surface area contributed by atoms with E-state index in [1.54, 1.807) is 0 Å². The third-order valence-corrected chi connectivity index (χ3v) is 5.38. The predicted octanol–water partition coefficient (Wildman–Crippen LogP) is 3.25. The van der Waals surface area contributed by atoms with E-state index in [4.69, 9.17) is 4.74 Å². The Morgan fingerprint density at radius 3 is 2.95 bits per heavy atom. The average molecular weight is 259 g/mol. The van der Waals surface area contributed by atoms with Crippen LogP contribution in [0.4, 0.5) is 0 Å².